The number of nitrogens with two attached hydrogens (primary N) is 1. The lowest BCUT2D eigenvalue weighted by Crippen LogP contribution is -2.31. The van der Waals surface area contributed by atoms with Crippen molar-refractivity contribution >= 4 is 11.7 Å². The van der Waals surface area contributed by atoms with Crippen LogP contribution in [0.25, 0.3) is 0 Å². The van der Waals surface area contributed by atoms with Gasteiger partial charge in [0.05, 0.1) is 13.1 Å². The van der Waals surface area contributed by atoms with E-state index in [9.17, 15) is 9.59 Å². The summed E-state index contributed by atoms with van der Waals surface area (Å²) in [5.41, 5.74) is 7.01. The van der Waals surface area contributed by atoms with Crippen LogP contribution in [0.4, 0.5) is 0 Å². The molecule has 0 aliphatic carbocycles. The standard InChI is InChI=1S/C16H25N3O2/c1-2-3-9-18-12-15(20)14-6-4-13(5-7-14)8-10-19-16(21)11-17/h4-7,18H,2-3,8-12,17H2,1H3,(H,19,21). The summed E-state index contributed by atoms with van der Waals surface area (Å²) < 4.78 is 0. The third-order valence-electron chi connectivity index (χ3n) is 3.19. The van der Waals surface area contributed by atoms with E-state index in [1.165, 1.54) is 0 Å². The van der Waals surface area contributed by atoms with Gasteiger partial charge in [0.1, 0.15) is 0 Å². The second kappa shape index (κ2) is 10.1. The molecule has 5 nitrogen and oxygen atoms in total. The highest BCUT2D eigenvalue weighted by Gasteiger charge is 2.05. The number of unbranched alkanes of at least 4 members (excludes halogenated alkanes) is 1. The van der Waals surface area contributed by atoms with Gasteiger partial charge in [-0.3, -0.25) is 9.59 Å². The predicted octanol–water partition coefficient (Wildman–Crippen LogP) is 0.876. The highest BCUT2D eigenvalue weighted by atomic mass is 16.1. The summed E-state index contributed by atoms with van der Waals surface area (Å²) >= 11 is 0. The fourth-order valence-corrected chi connectivity index (χ4v) is 1.88. The van der Waals surface area contributed by atoms with Gasteiger partial charge in [-0.1, -0.05) is 37.6 Å². The highest BCUT2D eigenvalue weighted by Crippen LogP contribution is 2.05. The van der Waals surface area contributed by atoms with Crippen molar-refractivity contribution in [2.45, 2.75) is 26.2 Å². The van der Waals surface area contributed by atoms with Gasteiger partial charge >= 0.3 is 0 Å². The van der Waals surface area contributed by atoms with E-state index in [4.69, 9.17) is 5.73 Å². The molecule has 0 heterocycles. The van der Waals surface area contributed by atoms with Crippen LogP contribution in [0, 0.1) is 0 Å². The van der Waals surface area contributed by atoms with Crippen LogP contribution < -0.4 is 16.4 Å². The van der Waals surface area contributed by atoms with Gasteiger partial charge in [-0.15, -0.1) is 0 Å². The molecule has 0 radical (unpaired) electrons. The Morgan fingerprint density at radius 3 is 2.48 bits per heavy atom. The monoisotopic (exact) mass is 291 g/mol. The normalized spacial score (nSPS) is 10.4. The van der Waals surface area contributed by atoms with Crippen molar-refractivity contribution in [3.05, 3.63) is 35.4 Å². The summed E-state index contributed by atoms with van der Waals surface area (Å²) in [7, 11) is 0. The SMILES string of the molecule is CCCCNCC(=O)c1ccc(CCNC(=O)CN)cc1. The van der Waals surface area contributed by atoms with Crippen molar-refractivity contribution in [3.8, 4) is 0 Å². The maximum atomic E-state index is 11.9. The van der Waals surface area contributed by atoms with Crippen LogP contribution in [0.2, 0.25) is 0 Å². The maximum absolute atomic E-state index is 11.9. The summed E-state index contributed by atoms with van der Waals surface area (Å²) in [6.07, 6.45) is 2.94. The molecular formula is C16H25N3O2. The number of nitrogens with one attached hydrogen (secondary N) is 2. The molecule has 1 aromatic rings. The average Bonchev–Trinajstić information content (AvgIpc) is 2.51. The minimum absolute atomic E-state index is 0.0124. The molecule has 5 heteroatoms. The molecule has 1 amide bonds. The van der Waals surface area contributed by atoms with Gasteiger partial charge in [0.2, 0.25) is 5.91 Å². The summed E-state index contributed by atoms with van der Waals surface area (Å²) in [6.45, 7) is 3.95. The first kappa shape index (κ1) is 17.3. The zero-order chi connectivity index (χ0) is 15.5. The van der Waals surface area contributed by atoms with Crippen LogP contribution in [0.1, 0.15) is 35.7 Å². The van der Waals surface area contributed by atoms with E-state index >= 15 is 0 Å². The topological polar surface area (TPSA) is 84.2 Å². The molecule has 0 aliphatic heterocycles. The number of carbonyl (C=O) groups is 2. The van der Waals surface area contributed by atoms with Gasteiger partial charge in [-0.05, 0) is 24.9 Å². The maximum Gasteiger partial charge on any atom is 0.233 e. The molecule has 116 valence electrons. The van der Waals surface area contributed by atoms with Crippen molar-refractivity contribution in [2.75, 3.05) is 26.2 Å². The van der Waals surface area contributed by atoms with E-state index in [2.05, 4.69) is 17.6 Å². The minimum atomic E-state index is -0.153. The van der Waals surface area contributed by atoms with Gasteiger partial charge in [0.15, 0.2) is 5.78 Å². The van der Waals surface area contributed by atoms with Crippen LogP contribution in [0.15, 0.2) is 24.3 Å². The molecule has 1 rings (SSSR count). The number of hydrogen-bond donors (Lipinski definition) is 3. The molecule has 0 fully saturated rings. The molecular weight excluding hydrogens is 266 g/mol. The molecule has 0 aromatic heterocycles. The summed E-state index contributed by atoms with van der Waals surface area (Å²) in [5, 5.41) is 5.86. The molecule has 0 saturated carbocycles. The first-order valence-corrected chi connectivity index (χ1v) is 7.47. The molecule has 0 saturated heterocycles. The van der Waals surface area contributed by atoms with Crippen molar-refractivity contribution < 1.29 is 9.59 Å². The third kappa shape index (κ3) is 7.02. The van der Waals surface area contributed by atoms with Crippen LogP contribution in [0.5, 0.6) is 0 Å². The van der Waals surface area contributed by atoms with Gasteiger partial charge in [-0.2, -0.15) is 0 Å². The smallest absolute Gasteiger partial charge is 0.233 e. The third-order valence-corrected chi connectivity index (χ3v) is 3.19. The summed E-state index contributed by atoms with van der Waals surface area (Å²) in [5.74, 6) is -0.0472. The second-order valence-corrected chi connectivity index (χ2v) is 4.95. The van der Waals surface area contributed by atoms with Crippen LogP contribution in [-0.4, -0.2) is 37.9 Å². The Balaban J connectivity index is 2.35. The van der Waals surface area contributed by atoms with E-state index in [1.807, 2.05) is 24.3 Å². The quantitative estimate of drug-likeness (QED) is 0.441. The average molecular weight is 291 g/mol. The molecule has 4 N–H and O–H groups in total. The Labute approximate surface area is 126 Å². The van der Waals surface area contributed by atoms with Gasteiger partial charge < -0.3 is 16.4 Å². The van der Waals surface area contributed by atoms with Crippen molar-refractivity contribution in [1.29, 1.82) is 0 Å². The summed E-state index contributed by atoms with van der Waals surface area (Å²) in [6, 6.07) is 7.52. The van der Waals surface area contributed by atoms with E-state index < -0.39 is 0 Å². The largest absolute Gasteiger partial charge is 0.355 e. The first-order valence-electron chi connectivity index (χ1n) is 7.47. The number of benzene rings is 1. The zero-order valence-electron chi connectivity index (χ0n) is 12.7. The number of ketones is 1. The fourth-order valence-electron chi connectivity index (χ4n) is 1.88. The van der Waals surface area contributed by atoms with Crippen molar-refractivity contribution in [1.82, 2.24) is 10.6 Å². The lowest BCUT2D eigenvalue weighted by molar-refractivity contribution is -0.119. The highest BCUT2D eigenvalue weighted by molar-refractivity contribution is 5.97. The molecule has 0 unspecified atom stereocenters. The Bertz CT molecular complexity index is 443. The Hall–Kier alpha value is -1.72. The number of carbonyl (C=O) groups excluding carboxylic acids is 2. The number of rotatable bonds is 10. The van der Waals surface area contributed by atoms with E-state index in [0.717, 1.165) is 31.4 Å². The van der Waals surface area contributed by atoms with E-state index in [0.29, 0.717) is 18.7 Å². The predicted molar refractivity (Wildman–Crippen MR) is 84.3 cm³/mol. The van der Waals surface area contributed by atoms with Gasteiger partial charge in [0, 0.05) is 12.1 Å². The Morgan fingerprint density at radius 2 is 1.86 bits per heavy atom. The zero-order valence-corrected chi connectivity index (χ0v) is 12.7. The fraction of sp³-hybridized carbons (Fsp3) is 0.500. The minimum Gasteiger partial charge on any atom is -0.355 e. The molecule has 0 atom stereocenters. The van der Waals surface area contributed by atoms with Crippen LogP contribution >= 0.6 is 0 Å². The lowest BCUT2D eigenvalue weighted by Gasteiger charge is -2.06. The number of Topliss-reactive ketones (excluding diaryl/α,β-unsaturated/α-hetero) is 1. The van der Waals surface area contributed by atoms with E-state index in [-0.39, 0.29) is 18.2 Å². The number of hydrogen-bond acceptors (Lipinski definition) is 4. The molecule has 21 heavy (non-hydrogen) atoms. The second-order valence-electron chi connectivity index (χ2n) is 4.95. The summed E-state index contributed by atoms with van der Waals surface area (Å²) in [4.78, 5) is 22.9. The van der Waals surface area contributed by atoms with Crippen molar-refractivity contribution in [3.63, 3.8) is 0 Å². The molecule has 0 aliphatic rings. The van der Waals surface area contributed by atoms with Gasteiger partial charge in [-0.25, -0.2) is 0 Å². The number of amides is 1. The molecule has 0 spiro atoms. The lowest BCUT2D eigenvalue weighted by atomic mass is 10.1. The molecule has 0 bridgehead atoms. The first-order chi connectivity index (χ1) is 10.2. The van der Waals surface area contributed by atoms with Crippen molar-refractivity contribution in [2.24, 2.45) is 5.73 Å². The van der Waals surface area contributed by atoms with Crippen LogP contribution in [0.3, 0.4) is 0 Å². The van der Waals surface area contributed by atoms with E-state index in [1.54, 1.807) is 0 Å². The Kier molecular flexibility index (Phi) is 8.31. The Morgan fingerprint density at radius 1 is 1.14 bits per heavy atom. The van der Waals surface area contributed by atoms with Gasteiger partial charge in [0.25, 0.3) is 0 Å². The van der Waals surface area contributed by atoms with Crippen LogP contribution in [-0.2, 0) is 11.2 Å². The molecule has 1 aromatic carbocycles.